The van der Waals surface area contributed by atoms with Crippen LogP contribution < -0.4 is 10.1 Å². The maximum Gasteiger partial charge on any atom is 0.142 e. The van der Waals surface area contributed by atoms with Crippen molar-refractivity contribution >= 4 is 5.69 Å². The maximum atomic E-state index is 5.59. The van der Waals surface area contributed by atoms with Crippen molar-refractivity contribution < 1.29 is 4.74 Å². The monoisotopic (exact) mass is 221 g/mol. The fourth-order valence-electron chi connectivity index (χ4n) is 1.56. The Morgan fingerprint density at radius 3 is 2.69 bits per heavy atom. The Labute approximate surface area is 99.0 Å². The number of hydrogen-bond acceptors (Lipinski definition) is 2. The SMILES string of the molecule is CCOc1ccc(C)cc1NCCC(C)C. The van der Waals surface area contributed by atoms with E-state index in [9.17, 15) is 0 Å². The highest BCUT2D eigenvalue weighted by Gasteiger charge is 2.03. The van der Waals surface area contributed by atoms with Crippen LogP contribution in [0.1, 0.15) is 32.8 Å². The molecule has 1 N–H and O–H groups in total. The summed E-state index contributed by atoms with van der Waals surface area (Å²) in [7, 11) is 0. The summed E-state index contributed by atoms with van der Waals surface area (Å²) in [5, 5.41) is 3.45. The van der Waals surface area contributed by atoms with Crippen LogP contribution in [-0.4, -0.2) is 13.2 Å². The molecule has 0 heterocycles. The zero-order valence-corrected chi connectivity index (χ0v) is 10.8. The third kappa shape index (κ3) is 4.13. The molecule has 1 aromatic carbocycles. The van der Waals surface area contributed by atoms with Crippen LogP contribution in [0, 0.1) is 12.8 Å². The zero-order chi connectivity index (χ0) is 12.0. The van der Waals surface area contributed by atoms with E-state index < -0.39 is 0 Å². The Balaban J connectivity index is 2.64. The summed E-state index contributed by atoms with van der Waals surface area (Å²) >= 11 is 0. The highest BCUT2D eigenvalue weighted by atomic mass is 16.5. The summed E-state index contributed by atoms with van der Waals surface area (Å²) in [5.41, 5.74) is 2.37. The molecule has 0 aliphatic carbocycles. The Kier molecular flexibility index (Phi) is 5.17. The molecule has 90 valence electrons. The van der Waals surface area contributed by atoms with Crippen LogP contribution in [0.3, 0.4) is 0 Å². The molecule has 16 heavy (non-hydrogen) atoms. The lowest BCUT2D eigenvalue weighted by molar-refractivity contribution is 0.341. The van der Waals surface area contributed by atoms with E-state index in [1.807, 2.05) is 13.0 Å². The number of rotatable bonds is 6. The van der Waals surface area contributed by atoms with Gasteiger partial charge in [0.2, 0.25) is 0 Å². The van der Waals surface area contributed by atoms with Crippen LogP contribution in [-0.2, 0) is 0 Å². The number of hydrogen-bond donors (Lipinski definition) is 1. The molecule has 1 aromatic rings. The lowest BCUT2D eigenvalue weighted by Gasteiger charge is -2.14. The quantitative estimate of drug-likeness (QED) is 0.787. The number of aryl methyl sites for hydroxylation is 1. The van der Waals surface area contributed by atoms with Crippen LogP contribution in [0.2, 0.25) is 0 Å². The highest BCUT2D eigenvalue weighted by molar-refractivity contribution is 5.57. The average molecular weight is 221 g/mol. The summed E-state index contributed by atoms with van der Waals surface area (Å²) in [6, 6.07) is 6.26. The van der Waals surface area contributed by atoms with Gasteiger partial charge in [-0.05, 0) is 43.9 Å². The molecule has 0 aliphatic rings. The number of anilines is 1. The highest BCUT2D eigenvalue weighted by Crippen LogP contribution is 2.25. The average Bonchev–Trinajstić information content (AvgIpc) is 2.21. The molecule has 0 atom stereocenters. The lowest BCUT2D eigenvalue weighted by Crippen LogP contribution is -2.06. The van der Waals surface area contributed by atoms with Gasteiger partial charge in [-0.3, -0.25) is 0 Å². The van der Waals surface area contributed by atoms with Gasteiger partial charge in [-0.15, -0.1) is 0 Å². The third-order valence-corrected chi connectivity index (χ3v) is 2.47. The Morgan fingerprint density at radius 2 is 2.06 bits per heavy atom. The summed E-state index contributed by atoms with van der Waals surface area (Å²) in [5.74, 6) is 1.68. The van der Waals surface area contributed by atoms with E-state index >= 15 is 0 Å². The zero-order valence-electron chi connectivity index (χ0n) is 10.8. The predicted octanol–water partition coefficient (Wildman–Crippen LogP) is 3.85. The van der Waals surface area contributed by atoms with Crippen LogP contribution in [0.15, 0.2) is 18.2 Å². The summed E-state index contributed by atoms with van der Waals surface area (Å²) < 4.78 is 5.59. The first kappa shape index (κ1) is 12.9. The molecule has 0 unspecified atom stereocenters. The third-order valence-electron chi connectivity index (χ3n) is 2.47. The van der Waals surface area contributed by atoms with Gasteiger partial charge >= 0.3 is 0 Å². The molecule has 0 saturated carbocycles. The van der Waals surface area contributed by atoms with Crippen LogP contribution in [0.5, 0.6) is 5.75 Å². The predicted molar refractivity (Wildman–Crippen MR) is 70.3 cm³/mol. The second kappa shape index (κ2) is 6.41. The number of nitrogens with one attached hydrogen (secondary N) is 1. The van der Waals surface area contributed by atoms with Gasteiger partial charge in [0.15, 0.2) is 0 Å². The smallest absolute Gasteiger partial charge is 0.142 e. The Morgan fingerprint density at radius 1 is 1.31 bits per heavy atom. The fourth-order valence-corrected chi connectivity index (χ4v) is 1.56. The molecule has 0 saturated heterocycles. The summed E-state index contributed by atoms with van der Waals surface area (Å²) in [4.78, 5) is 0. The van der Waals surface area contributed by atoms with Crippen molar-refractivity contribution in [3.8, 4) is 5.75 Å². The lowest BCUT2D eigenvalue weighted by atomic mass is 10.1. The van der Waals surface area contributed by atoms with Gasteiger partial charge < -0.3 is 10.1 Å². The van der Waals surface area contributed by atoms with Gasteiger partial charge in [-0.1, -0.05) is 19.9 Å². The summed E-state index contributed by atoms with van der Waals surface area (Å²) in [6.45, 7) is 10.3. The van der Waals surface area contributed by atoms with Crippen molar-refractivity contribution in [1.29, 1.82) is 0 Å². The van der Waals surface area contributed by atoms with E-state index in [-0.39, 0.29) is 0 Å². The van der Waals surface area contributed by atoms with Crippen molar-refractivity contribution in [3.63, 3.8) is 0 Å². The minimum atomic E-state index is 0.710. The number of benzene rings is 1. The van der Waals surface area contributed by atoms with Crippen molar-refractivity contribution in [2.24, 2.45) is 5.92 Å². The van der Waals surface area contributed by atoms with Gasteiger partial charge in [0.25, 0.3) is 0 Å². The second-order valence-electron chi connectivity index (χ2n) is 4.54. The molecule has 0 aliphatic heterocycles. The molecular formula is C14H23NO. The molecule has 0 aromatic heterocycles. The van der Waals surface area contributed by atoms with Gasteiger partial charge in [-0.25, -0.2) is 0 Å². The van der Waals surface area contributed by atoms with Gasteiger partial charge in [0, 0.05) is 6.54 Å². The standard InChI is InChI=1S/C14H23NO/c1-5-16-14-7-6-12(4)10-13(14)15-9-8-11(2)3/h6-7,10-11,15H,5,8-9H2,1-4H3. The molecule has 2 heteroatoms. The van der Waals surface area contributed by atoms with Crippen LogP contribution in [0.25, 0.3) is 0 Å². The van der Waals surface area contributed by atoms with Crippen molar-refractivity contribution in [2.45, 2.75) is 34.1 Å². The molecule has 0 spiro atoms. The maximum absolute atomic E-state index is 5.59. The normalized spacial score (nSPS) is 10.6. The van der Waals surface area contributed by atoms with E-state index in [0.717, 1.165) is 23.9 Å². The first-order valence-corrected chi connectivity index (χ1v) is 6.10. The van der Waals surface area contributed by atoms with Gasteiger partial charge in [0.1, 0.15) is 5.75 Å². The fraction of sp³-hybridized carbons (Fsp3) is 0.571. The molecule has 1 rings (SSSR count). The van der Waals surface area contributed by atoms with Crippen molar-refractivity contribution in [1.82, 2.24) is 0 Å². The first-order chi connectivity index (χ1) is 7.63. The molecule has 0 amide bonds. The van der Waals surface area contributed by atoms with Gasteiger partial charge in [-0.2, -0.15) is 0 Å². The molecule has 0 bridgehead atoms. The summed E-state index contributed by atoms with van der Waals surface area (Å²) in [6.07, 6.45) is 1.18. The molecular weight excluding hydrogens is 198 g/mol. The van der Waals surface area contributed by atoms with Crippen LogP contribution in [0.4, 0.5) is 5.69 Å². The molecule has 0 fully saturated rings. The number of ether oxygens (including phenoxy) is 1. The topological polar surface area (TPSA) is 21.3 Å². The minimum Gasteiger partial charge on any atom is -0.492 e. The largest absolute Gasteiger partial charge is 0.492 e. The van der Waals surface area contributed by atoms with E-state index in [2.05, 4.69) is 38.2 Å². The van der Waals surface area contributed by atoms with E-state index in [1.165, 1.54) is 12.0 Å². The van der Waals surface area contributed by atoms with E-state index in [4.69, 9.17) is 4.74 Å². The second-order valence-corrected chi connectivity index (χ2v) is 4.54. The Bertz CT molecular complexity index is 321. The van der Waals surface area contributed by atoms with E-state index in [1.54, 1.807) is 0 Å². The van der Waals surface area contributed by atoms with Crippen molar-refractivity contribution in [2.75, 3.05) is 18.5 Å². The van der Waals surface area contributed by atoms with Gasteiger partial charge in [0.05, 0.1) is 12.3 Å². The minimum absolute atomic E-state index is 0.710. The van der Waals surface area contributed by atoms with E-state index in [0.29, 0.717) is 6.61 Å². The van der Waals surface area contributed by atoms with Crippen molar-refractivity contribution in [3.05, 3.63) is 23.8 Å². The molecule has 2 nitrogen and oxygen atoms in total. The first-order valence-electron chi connectivity index (χ1n) is 6.10. The molecule has 0 radical (unpaired) electrons. The Hall–Kier alpha value is -1.18. The van der Waals surface area contributed by atoms with Crippen LogP contribution >= 0.6 is 0 Å².